The van der Waals surface area contributed by atoms with E-state index in [4.69, 9.17) is 5.11 Å². The lowest BCUT2D eigenvalue weighted by Gasteiger charge is -2.17. The zero-order chi connectivity index (χ0) is 6.62. The number of rotatable bonds is 3. The SMILES string of the molecule is CCC(C)(O)OC=O. The van der Waals surface area contributed by atoms with Gasteiger partial charge < -0.3 is 9.84 Å². The Bertz CT molecular complexity index is 77.7. The van der Waals surface area contributed by atoms with Gasteiger partial charge in [-0.05, 0) is 0 Å². The molecule has 0 rings (SSSR count). The van der Waals surface area contributed by atoms with Crippen LogP contribution in [0.15, 0.2) is 0 Å². The van der Waals surface area contributed by atoms with Gasteiger partial charge in [-0.3, -0.25) is 4.79 Å². The highest BCUT2D eigenvalue weighted by atomic mass is 16.6. The van der Waals surface area contributed by atoms with Gasteiger partial charge in [-0.2, -0.15) is 0 Å². The van der Waals surface area contributed by atoms with Crippen LogP contribution < -0.4 is 0 Å². The number of aliphatic hydroxyl groups is 1. The fourth-order valence-corrected chi connectivity index (χ4v) is 0.187. The van der Waals surface area contributed by atoms with E-state index in [1.807, 2.05) is 0 Å². The van der Waals surface area contributed by atoms with Gasteiger partial charge in [0, 0.05) is 13.3 Å². The van der Waals surface area contributed by atoms with Crippen LogP contribution in [0.2, 0.25) is 0 Å². The van der Waals surface area contributed by atoms with Gasteiger partial charge >= 0.3 is 0 Å². The summed E-state index contributed by atoms with van der Waals surface area (Å²) in [6.07, 6.45) is 0.408. The number of ether oxygens (including phenoxy) is 1. The Morgan fingerprint density at radius 1 is 1.88 bits per heavy atom. The van der Waals surface area contributed by atoms with Crippen molar-refractivity contribution in [1.29, 1.82) is 0 Å². The van der Waals surface area contributed by atoms with E-state index in [1.54, 1.807) is 6.92 Å². The summed E-state index contributed by atoms with van der Waals surface area (Å²) in [6, 6.07) is 0. The zero-order valence-corrected chi connectivity index (χ0v) is 5.05. The second-order valence-electron chi connectivity index (χ2n) is 1.74. The molecule has 1 atom stereocenters. The Labute approximate surface area is 48.3 Å². The van der Waals surface area contributed by atoms with Crippen molar-refractivity contribution in [2.24, 2.45) is 0 Å². The molecule has 0 aromatic carbocycles. The Morgan fingerprint density at radius 3 is 2.50 bits per heavy atom. The average Bonchev–Trinajstić information content (AvgIpc) is 1.67. The van der Waals surface area contributed by atoms with Crippen LogP contribution in [-0.4, -0.2) is 17.4 Å². The standard InChI is InChI=1S/C5H10O3/c1-3-5(2,7)8-4-6/h4,7H,3H2,1-2H3. The summed E-state index contributed by atoms with van der Waals surface area (Å²) < 4.78 is 4.25. The Balaban J connectivity index is 3.53. The summed E-state index contributed by atoms with van der Waals surface area (Å²) in [5, 5.41) is 8.87. The molecule has 0 saturated heterocycles. The highest BCUT2D eigenvalue weighted by Gasteiger charge is 2.16. The van der Waals surface area contributed by atoms with Gasteiger partial charge in [0.25, 0.3) is 6.47 Å². The van der Waals surface area contributed by atoms with Gasteiger partial charge in [0.15, 0.2) is 0 Å². The lowest BCUT2D eigenvalue weighted by Crippen LogP contribution is -2.25. The van der Waals surface area contributed by atoms with E-state index in [0.29, 0.717) is 6.42 Å². The molecule has 0 aromatic rings. The molecule has 0 heterocycles. The monoisotopic (exact) mass is 118 g/mol. The molecular weight excluding hydrogens is 108 g/mol. The van der Waals surface area contributed by atoms with E-state index >= 15 is 0 Å². The summed E-state index contributed by atoms with van der Waals surface area (Å²) in [7, 11) is 0. The Kier molecular flexibility index (Phi) is 2.48. The first-order valence-corrected chi connectivity index (χ1v) is 2.46. The summed E-state index contributed by atoms with van der Waals surface area (Å²) >= 11 is 0. The maximum Gasteiger partial charge on any atom is 0.295 e. The molecule has 0 aliphatic rings. The van der Waals surface area contributed by atoms with Gasteiger partial charge in [0.1, 0.15) is 0 Å². The van der Waals surface area contributed by atoms with Crippen LogP contribution in [0.4, 0.5) is 0 Å². The Morgan fingerprint density at radius 2 is 2.38 bits per heavy atom. The largest absolute Gasteiger partial charge is 0.436 e. The quantitative estimate of drug-likeness (QED) is 0.427. The minimum absolute atomic E-state index is 0.240. The van der Waals surface area contributed by atoms with Crippen molar-refractivity contribution in [3.63, 3.8) is 0 Å². The molecule has 0 aliphatic heterocycles. The van der Waals surface area contributed by atoms with Gasteiger partial charge in [0.2, 0.25) is 5.79 Å². The van der Waals surface area contributed by atoms with Crippen LogP contribution in [0.1, 0.15) is 20.3 Å². The maximum atomic E-state index is 9.60. The Hall–Kier alpha value is -0.570. The van der Waals surface area contributed by atoms with Crippen molar-refractivity contribution in [1.82, 2.24) is 0 Å². The summed E-state index contributed by atoms with van der Waals surface area (Å²) in [4.78, 5) is 9.60. The molecule has 48 valence electrons. The molecule has 0 bridgehead atoms. The van der Waals surface area contributed by atoms with E-state index in [2.05, 4.69) is 4.74 Å². The van der Waals surface area contributed by atoms with Crippen molar-refractivity contribution < 1.29 is 14.6 Å². The van der Waals surface area contributed by atoms with Gasteiger partial charge in [-0.15, -0.1) is 0 Å². The minimum Gasteiger partial charge on any atom is -0.436 e. The molecule has 3 nitrogen and oxygen atoms in total. The van der Waals surface area contributed by atoms with E-state index in [0.717, 1.165) is 0 Å². The first-order chi connectivity index (χ1) is 3.62. The molecule has 0 aromatic heterocycles. The van der Waals surface area contributed by atoms with E-state index in [9.17, 15) is 4.79 Å². The third-order valence-corrected chi connectivity index (χ3v) is 0.958. The predicted molar refractivity (Wildman–Crippen MR) is 28.1 cm³/mol. The van der Waals surface area contributed by atoms with E-state index < -0.39 is 5.79 Å². The zero-order valence-electron chi connectivity index (χ0n) is 5.05. The lowest BCUT2D eigenvalue weighted by molar-refractivity contribution is -0.188. The fourth-order valence-electron chi connectivity index (χ4n) is 0.187. The van der Waals surface area contributed by atoms with Crippen molar-refractivity contribution in [2.75, 3.05) is 0 Å². The highest BCUT2D eigenvalue weighted by Crippen LogP contribution is 2.06. The molecule has 1 N–H and O–H groups in total. The van der Waals surface area contributed by atoms with Crippen molar-refractivity contribution in [2.45, 2.75) is 26.1 Å². The normalized spacial score (nSPS) is 16.9. The third-order valence-electron chi connectivity index (χ3n) is 0.958. The van der Waals surface area contributed by atoms with Crippen LogP contribution >= 0.6 is 0 Å². The second-order valence-corrected chi connectivity index (χ2v) is 1.74. The molecule has 3 heteroatoms. The summed E-state index contributed by atoms with van der Waals surface area (Å²) in [6.45, 7) is 3.40. The first-order valence-electron chi connectivity index (χ1n) is 2.46. The molecule has 0 spiro atoms. The topological polar surface area (TPSA) is 46.5 Å². The highest BCUT2D eigenvalue weighted by molar-refractivity contribution is 5.37. The van der Waals surface area contributed by atoms with Gasteiger partial charge in [0.05, 0.1) is 0 Å². The van der Waals surface area contributed by atoms with Gasteiger partial charge in [-0.1, -0.05) is 6.92 Å². The van der Waals surface area contributed by atoms with Crippen molar-refractivity contribution >= 4 is 6.47 Å². The third kappa shape index (κ3) is 2.58. The van der Waals surface area contributed by atoms with Crippen LogP contribution in [0.3, 0.4) is 0 Å². The molecule has 8 heavy (non-hydrogen) atoms. The number of hydrogen-bond donors (Lipinski definition) is 1. The van der Waals surface area contributed by atoms with Crippen LogP contribution in [0, 0.1) is 0 Å². The van der Waals surface area contributed by atoms with Crippen molar-refractivity contribution in [3.8, 4) is 0 Å². The number of carbonyl (C=O) groups is 1. The molecular formula is C5H10O3. The van der Waals surface area contributed by atoms with Crippen LogP contribution in [0.5, 0.6) is 0 Å². The molecule has 0 amide bonds. The van der Waals surface area contributed by atoms with E-state index in [1.165, 1.54) is 6.92 Å². The average molecular weight is 118 g/mol. The maximum absolute atomic E-state index is 9.60. The van der Waals surface area contributed by atoms with Crippen molar-refractivity contribution in [3.05, 3.63) is 0 Å². The lowest BCUT2D eigenvalue weighted by atomic mass is 10.2. The smallest absolute Gasteiger partial charge is 0.295 e. The molecule has 1 unspecified atom stereocenters. The molecule has 0 fully saturated rings. The molecule has 0 saturated carbocycles. The van der Waals surface area contributed by atoms with E-state index in [-0.39, 0.29) is 6.47 Å². The molecule has 0 aliphatic carbocycles. The minimum atomic E-state index is -1.28. The summed E-state index contributed by atoms with van der Waals surface area (Å²) in [5.41, 5.74) is 0. The summed E-state index contributed by atoms with van der Waals surface area (Å²) in [5.74, 6) is -1.28. The van der Waals surface area contributed by atoms with Gasteiger partial charge in [-0.25, -0.2) is 0 Å². The number of hydrogen-bond acceptors (Lipinski definition) is 3. The first kappa shape index (κ1) is 7.43. The van der Waals surface area contributed by atoms with Crippen LogP contribution in [0.25, 0.3) is 0 Å². The molecule has 0 radical (unpaired) electrons. The number of carbonyl (C=O) groups excluding carboxylic acids is 1. The second kappa shape index (κ2) is 2.67. The van der Waals surface area contributed by atoms with Crippen LogP contribution in [-0.2, 0) is 9.53 Å². The predicted octanol–water partition coefficient (Wildman–Crippen LogP) is 0.278. The fraction of sp³-hybridized carbons (Fsp3) is 0.800.